The summed E-state index contributed by atoms with van der Waals surface area (Å²) in [5.74, 6) is 0.336. The van der Waals surface area contributed by atoms with Crippen LogP contribution in [0.25, 0.3) is 0 Å². The van der Waals surface area contributed by atoms with Gasteiger partial charge < -0.3 is 5.73 Å². The zero-order valence-corrected chi connectivity index (χ0v) is 8.30. The van der Waals surface area contributed by atoms with E-state index in [1.165, 1.54) is 13.5 Å². The van der Waals surface area contributed by atoms with Gasteiger partial charge in [0.05, 0.1) is 12.6 Å². The molecule has 3 N–H and O–H groups in total. The first kappa shape index (κ1) is 10.5. The number of hydroxylamine groups is 1. The molecule has 1 amide bonds. The van der Waals surface area contributed by atoms with Gasteiger partial charge in [-0.2, -0.15) is 0 Å². The molecule has 0 radical (unpaired) electrons. The monoisotopic (exact) mass is 186 g/mol. The van der Waals surface area contributed by atoms with Crippen LogP contribution < -0.4 is 11.2 Å². The Kier molecular flexibility index (Phi) is 3.27. The summed E-state index contributed by atoms with van der Waals surface area (Å²) in [6.45, 7) is 2.13. The summed E-state index contributed by atoms with van der Waals surface area (Å²) in [5.41, 5.74) is 7.58. The van der Waals surface area contributed by atoms with E-state index in [-0.39, 0.29) is 5.91 Å². The van der Waals surface area contributed by atoms with Crippen LogP contribution in [0.3, 0.4) is 0 Å². The topological polar surface area (TPSA) is 64.3 Å². The van der Waals surface area contributed by atoms with Gasteiger partial charge in [-0.15, -0.1) is 0 Å². The molecule has 4 heteroatoms. The number of hydrogen-bond acceptors (Lipinski definition) is 3. The van der Waals surface area contributed by atoms with Crippen molar-refractivity contribution in [2.75, 3.05) is 7.11 Å². The summed E-state index contributed by atoms with van der Waals surface area (Å²) in [6, 6.07) is 0. The molecule has 0 heterocycles. The van der Waals surface area contributed by atoms with E-state index >= 15 is 0 Å². The van der Waals surface area contributed by atoms with Crippen molar-refractivity contribution in [2.24, 2.45) is 11.7 Å². The molecule has 0 aliphatic heterocycles. The Hall–Kier alpha value is -0.610. The zero-order chi connectivity index (χ0) is 9.90. The van der Waals surface area contributed by atoms with E-state index in [0.29, 0.717) is 5.92 Å². The van der Waals surface area contributed by atoms with Crippen molar-refractivity contribution >= 4 is 5.91 Å². The van der Waals surface area contributed by atoms with E-state index < -0.39 is 5.54 Å². The standard InChI is InChI=1S/C9H18N2O2/c1-7-4-3-5-9(10,6-7)8(12)11-13-2/h7H,3-6,10H2,1-2H3,(H,11,12). The molecule has 1 saturated carbocycles. The molecule has 2 atom stereocenters. The maximum absolute atomic E-state index is 11.5. The lowest BCUT2D eigenvalue weighted by atomic mass is 9.77. The molecule has 0 saturated heterocycles. The normalized spacial score (nSPS) is 34.2. The average molecular weight is 186 g/mol. The number of nitrogens with one attached hydrogen (secondary N) is 1. The number of amides is 1. The Morgan fingerprint density at radius 3 is 2.92 bits per heavy atom. The third-order valence-corrected chi connectivity index (χ3v) is 2.68. The SMILES string of the molecule is CONC(=O)C1(N)CCCC(C)C1. The molecule has 4 nitrogen and oxygen atoms in total. The fourth-order valence-electron chi connectivity index (χ4n) is 1.99. The van der Waals surface area contributed by atoms with Crippen LogP contribution in [-0.2, 0) is 9.63 Å². The number of nitrogens with two attached hydrogens (primary N) is 1. The van der Waals surface area contributed by atoms with Crippen molar-refractivity contribution in [1.82, 2.24) is 5.48 Å². The van der Waals surface area contributed by atoms with Crippen LogP contribution in [0.4, 0.5) is 0 Å². The molecule has 13 heavy (non-hydrogen) atoms. The Balaban J connectivity index is 2.57. The van der Waals surface area contributed by atoms with Gasteiger partial charge in [0, 0.05) is 0 Å². The first-order valence-corrected chi connectivity index (χ1v) is 4.71. The van der Waals surface area contributed by atoms with Gasteiger partial charge in [-0.05, 0) is 18.8 Å². The van der Waals surface area contributed by atoms with E-state index in [9.17, 15) is 4.79 Å². The van der Waals surface area contributed by atoms with E-state index in [2.05, 4.69) is 17.2 Å². The Morgan fingerprint density at radius 1 is 1.69 bits per heavy atom. The minimum atomic E-state index is -0.715. The molecule has 0 aromatic heterocycles. The van der Waals surface area contributed by atoms with Gasteiger partial charge in [-0.25, -0.2) is 5.48 Å². The quantitative estimate of drug-likeness (QED) is 0.620. The molecule has 76 valence electrons. The lowest BCUT2D eigenvalue weighted by Crippen LogP contribution is -2.55. The van der Waals surface area contributed by atoms with E-state index in [1.807, 2.05) is 0 Å². The Morgan fingerprint density at radius 2 is 2.38 bits per heavy atom. The Labute approximate surface area is 78.8 Å². The summed E-state index contributed by atoms with van der Waals surface area (Å²) in [4.78, 5) is 16.1. The minimum absolute atomic E-state index is 0.193. The van der Waals surface area contributed by atoms with Gasteiger partial charge in [-0.1, -0.05) is 19.8 Å². The molecule has 0 aromatic carbocycles. The van der Waals surface area contributed by atoms with E-state index in [1.54, 1.807) is 0 Å². The van der Waals surface area contributed by atoms with Crippen LogP contribution in [0.1, 0.15) is 32.6 Å². The zero-order valence-electron chi connectivity index (χ0n) is 8.30. The summed E-state index contributed by atoms with van der Waals surface area (Å²) in [7, 11) is 1.42. The maximum atomic E-state index is 11.5. The van der Waals surface area contributed by atoms with Gasteiger partial charge in [-0.3, -0.25) is 9.63 Å². The van der Waals surface area contributed by atoms with Crippen molar-refractivity contribution in [3.8, 4) is 0 Å². The molecule has 1 rings (SSSR count). The summed E-state index contributed by atoms with van der Waals surface area (Å²) < 4.78 is 0. The highest BCUT2D eigenvalue weighted by molar-refractivity contribution is 5.85. The molecule has 0 aromatic rings. The second-order valence-corrected chi connectivity index (χ2v) is 3.99. The van der Waals surface area contributed by atoms with Gasteiger partial charge >= 0.3 is 0 Å². The molecular formula is C9H18N2O2. The first-order valence-electron chi connectivity index (χ1n) is 4.71. The number of hydrogen-bond donors (Lipinski definition) is 2. The Bertz CT molecular complexity index is 196. The first-order chi connectivity index (χ1) is 6.08. The predicted molar refractivity (Wildman–Crippen MR) is 49.7 cm³/mol. The molecule has 2 unspecified atom stereocenters. The molecule has 1 aliphatic carbocycles. The van der Waals surface area contributed by atoms with Crippen molar-refractivity contribution in [1.29, 1.82) is 0 Å². The third kappa shape index (κ3) is 2.42. The van der Waals surface area contributed by atoms with Crippen LogP contribution in [0, 0.1) is 5.92 Å². The van der Waals surface area contributed by atoms with Crippen molar-refractivity contribution < 1.29 is 9.63 Å². The van der Waals surface area contributed by atoms with Gasteiger partial charge in [0.25, 0.3) is 5.91 Å². The van der Waals surface area contributed by atoms with Gasteiger partial charge in [0.1, 0.15) is 0 Å². The second-order valence-electron chi connectivity index (χ2n) is 3.99. The third-order valence-electron chi connectivity index (χ3n) is 2.68. The average Bonchev–Trinajstić information content (AvgIpc) is 2.04. The summed E-state index contributed by atoms with van der Waals surface area (Å²) in [6.07, 6.45) is 3.70. The van der Waals surface area contributed by atoms with Gasteiger partial charge in [0.15, 0.2) is 0 Å². The fourth-order valence-corrected chi connectivity index (χ4v) is 1.99. The van der Waals surface area contributed by atoms with Crippen LogP contribution >= 0.6 is 0 Å². The van der Waals surface area contributed by atoms with Crippen LogP contribution in [0.15, 0.2) is 0 Å². The van der Waals surface area contributed by atoms with Crippen molar-refractivity contribution in [2.45, 2.75) is 38.1 Å². The predicted octanol–water partition coefficient (Wildman–Crippen LogP) is 0.572. The highest BCUT2D eigenvalue weighted by atomic mass is 16.6. The number of rotatable bonds is 2. The second kappa shape index (κ2) is 4.07. The number of carbonyl (C=O) groups is 1. The minimum Gasteiger partial charge on any atom is -0.317 e. The highest BCUT2D eigenvalue weighted by Crippen LogP contribution is 2.30. The lowest BCUT2D eigenvalue weighted by Gasteiger charge is -2.34. The molecule has 1 fully saturated rings. The van der Waals surface area contributed by atoms with E-state index in [4.69, 9.17) is 5.73 Å². The van der Waals surface area contributed by atoms with Crippen LogP contribution in [0.2, 0.25) is 0 Å². The largest absolute Gasteiger partial charge is 0.317 e. The number of carbonyl (C=O) groups excluding carboxylic acids is 1. The van der Waals surface area contributed by atoms with Gasteiger partial charge in [0.2, 0.25) is 0 Å². The smallest absolute Gasteiger partial charge is 0.263 e. The highest BCUT2D eigenvalue weighted by Gasteiger charge is 2.37. The lowest BCUT2D eigenvalue weighted by molar-refractivity contribution is -0.138. The van der Waals surface area contributed by atoms with Crippen LogP contribution in [0.5, 0.6) is 0 Å². The van der Waals surface area contributed by atoms with E-state index in [0.717, 1.165) is 19.3 Å². The maximum Gasteiger partial charge on any atom is 0.263 e. The summed E-state index contributed by atoms with van der Waals surface area (Å²) in [5, 5.41) is 0. The van der Waals surface area contributed by atoms with Crippen LogP contribution in [-0.4, -0.2) is 18.6 Å². The molecule has 0 bridgehead atoms. The molecular weight excluding hydrogens is 168 g/mol. The molecule has 1 aliphatic rings. The van der Waals surface area contributed by atoms with Crippen molar-refractivity contribution in [3.05, 3.63) is 0 Å². The molecule has 0 spiro atoms. The fraction of sp³-hybridized carbons (Fsp3) is 0.889. The summed E-state index contributed by atoms with van der Waals surface area (Å²) >= 11 is 0. The van der Waals surface area contributed by atoms with Crippen molar-refractivity contribution in [3.63, 3.8) is 0 Å².